The van der Waals surface area contributed by atoms with E-state index in [1.54, 1.807) is 30.3 Å². The maximum Gasteiger partial charge on any atom is 0.232 e. The van der Waals surface area contributed by atoms with E-state index >= 15 is 0 Å². The van der Waals surface area contributed by atoms with E-state index in [-0.39, 0.29) is 18.9 Å². The summed E-state index contributed by atoms with van der Waals surface area (Å²) in [6, 6.07) is 12.2. The lowest BCUT2D eigenvalue weighted by Crippen LogP contribution is -2.31. The van der Waals surface area contributed by atoms with Crippen LogP contribution in [0.1, 0.15) is 18.4 Å². The van der Waals surface area contributed by atoms with Gasteiger partial charge < -0.3 is 10.1 Å². The van der Waals surface area contributed by atoms with Gasteiger partial charge in [0.1, 0.15) is 5.75 Å². The molecule has 0 bridgehead atoms. The smallest absolute Gasteiger partial charge is 0.232 e. The quantitative estimate of drug-likeness (QED) is 0.717. The van der Waals surface area contributed by atoms with E-state index in [0.29, 0.717) is 28.6 Å². The van der Waals surface area contributed by atoms with E-state index in [9.17, 15) is 13.2 Å². The van der Waals surface area contributed by atoms with Crippen molar-refractivity contribution in [1.29, 1.82) is 0 Å². The molecule has 0 heterocycles. The highest BCUT2D eigenvalue weighted by atomic mass is 35.5. The topological polar surface area (TPSA) is 75.7 Å². The fourth-order valence-corrected chi connectivity index (χ4v) is 3.84. The molecule has 27 heavy (non-hydrogen) atoms. The number of carbonyl (C=O) groups excluding carboxylic acids is 1. The number of amides is 1. The van der Waals surface area contributed by atoms with E-state index < -0.39 is 10.0 Å². The van der Waals surface area contributed by atoms with E-state index in [1.807, 2.05) is 19.1 Å². The van der Waals surface area contributed by atoms with Crippen LogP contribution in [0, 0.1) is 6.92 Å². The molecule has 0 unspecified atom stereocenters. The van der Waals surface area contributed by atoms with Gasteiger partial charge in [0.15, 0.2) is 0 Å². The maximum absolute atomic E-state index is 12.1. The number of rotatable bonds is 8. The molecule has 0 fully saturated rings. The summed E-state index contributed by atoms with van der Waals surface area (Å²) in [5.74, 6) is 0.311. The van der Waals surface area contributed by atoms with Crippen LogP contribution < -0.4 is 14.4 Å². The van der Waals surface area contributed by atoms with Crippen molar-refractivity contribution in [3.05, 3.63) is 53.1 Å². The molecule has 0 atom stereocenters. The molecule has 8 heteroatoms. The first-order valence-electron chi connectivity index (χ1n) is 8.38. The molecule has 0 spiro atoms. The lowest BCUT2D eigenvalue weighted by atomic mass is 10.2. The molecule has 146 valence electrons. The largest absolute Gasteiger partial charge is 0.495 e. The second-order valence-corrected chi connectivity index (χ2v) is 8.49. The first-order chi connectivity index (χ1) is 12.7. The second kappa shape index (κ2) is 9.10. The van der Waals surface area contributed by atoms with Crippen LogP contribution in [-0.2, 0) is 14.8 Å². The van der Waals surface area contributed by atoms with Gasteiger partial charge in [0.25, 0.3) is 0 Å². The number of nitrogens with one attached hydrogen (secondary N) is 1. The number of nitrogens with zero attached hydrogens (tertiary/aromatic N) is 1. The minimum absolute atomic E-state index is 0.182. The molecule has 0 saturated heterocycles. The van der Waals surface area contributed by atoms with Crippen molar-refractivity contribution in [2.75, 3.05) is 29.5 Å². The molecule has 0 aliphatic heterocycles. The molecule has 0 radical (unpaired) electrons. The summed E-state index contributed by atoms with van der Waals surface area (Å²) in [5, 5.41) is 3.15. The SMILES string of the molecule is COc1ccc(NC(=O)CCCN(c2cccc(C)c2)S(C)(=O)=O)cc1Cl. The van der Waals surface area contributed by atoms with E-state index in [0.717, 1.165) is 11.8 Å². The number of anilines is 2. The highest BCUT2D eigenvalue weighted by Gasteiger charge is 2.17. The van der Waals surface area contributed by atoms with Gasteiger partial charge in [-0.05, 0) is 49.2 Å². The molecular weight excluding hydrogens is 388 g/mol. The molecule has 0 aromatic heterocycles. The Labute approximate surface area is 165 Å². The Kier molecular flexibility index (Phi) is 7.10. The highest BCUT2D eigenvalue weighted by Crippen LogP contribution is 2.27. The lowest BCUT2D eigenvalue weighted by Gasteiger charge is -2.22. The van der Waals surface area contributed by atoms with Crippen molar-refractivity contribution in [3.63, 3.8) is 0 Å². The predicted molar refractivity (Wildman–Crippen MR) is 109 cm³/mol. The van der Waals surface area contributed by atoms with Crippen LogP contribution in [0.3, 0.4) is 0 Å². The van der Waals surface area contributed by atoms with Crippen LogP contribution in [0.4, 0.5) is 11.4 Å². The monoisotopic (exact) mass is 410 g/mol. The van der Waals surface area contributed by atoms with Crippen molar-refractivity contribution in [2.45, 2.75) is 19.8 Å². The molecule has 6 nitrogen and oxygen atoms in total. The molecule has 0 aliphatic carbocycles. The van der Waals surface area contributed by atoms with Crippen LogP contribution in [0.5, 0.6) is 5.75 Å². The van der Waals surface area contributed by atoms with Crippen molar-refractivity contribution >= 4 is 38.9 Å². The van der Waals surface area contributed by atoms with Crippen LogP contribution in [0.2, 0.25) is 5.02 Å². The lowest BCUT2D eigenvalue weighted by molar-refractivity contribution is -0.116. The number of benzene rings is 2. The van der Waals surface area contributed by atoms with Crippen LogP contribution >= 0.6 is 11.6 Å². The average molecular weight is 411 g/mol. The molecule has 2 aromatic carbocycles. The number of methoxy groups -OCH3 is 1. The maximum atomic E-state index is 12.1. The number of carbonyl (C=O) groups is 1. The van der Waals surface area contributed by atoms with Gasteiger partial charge >= 0.3 is 0 Å². The van der Waals surface area contributed by atoms with Gasteiger partial charge in [-0.2, -0.15) is 0 Å². The summed E-state index contributed by atoms with van der Waals surface area (Å²) in [6.07, 6.45) is 1.73. The Morgan fingerprint density at radius 1 is 1.22 bits per heavy atom. The van der Waals surface area contributed by atoms with Crippen LogP contribution in [0.15, 0.2) is 42.5 Å². The zero-order chi connectivity index (χ0) is 20.0. The van der Waals surface area contributed by atoms with Crippen molar-refractivity contribution in [2.24, 2.45) is 0 Å². The summed E-state index contributed by atoms with van der Waals surface area (Å²) >= 11 is 6.04. The molecule has 0 aliphatic rings. The first-order valence-corrected chi connectivity index (χ1v) is 10.6. The van der Waals surface area contributed by atoms with E-state index in [2.05, 4.69) is 5.32 Å². The molecule has 0 saturated carbocycles. The summed E-state index contributed by atoms with van der Waals surface area (Å²) in [7, 11) is -1.92. The molecular formula is C19H23ClN2O4S. The Bertz CT molecular complexity index is 916. The standard InChI is InChI=1S/C19H23ClN2O4S/c1-14-6-4-7-16(12-14)22(27(3,24)25)11-5-8-19(23)21-15-9-10-18(26-2)17(20)13-15/h4,6-7,9-10,12-13H,5,8,11H2,1-3H3,(H,21,23). The third-order valence-electron chi connectivity index (χ3n) is 3.89. The number of hydrogen-bond acceptors (Lipinski definition) is 4. The van der Waals surface area contributed by atoms with Crippen LogP contribution in [-0.4, -0.2) is 34.2 Å². The van der Waals surface area contributed by atoms with Crippen LogP contribution in [0.25, 0.3) is 0 Å². The molecule has 2 rings (SSSR count). The third kappa shape index (κ3) is 6.15. The van der Waals surface area contributed by atoms with Crippen molar-refractivity contribution in [1.82, 2.24) is 0 Å². The van der Waals surface area contributed by atoms with Gasteiger partial charge in [0.05, 0.1) is 24.1 Å². The third-order valence-corrected chi connectivity index (χ3v) is 5.38. The van der Waals surface area contributed by atoms with Crippen molar-refractivity contribution < 1.29 is 17.9 Å². The summed E-state index contributed by atoms with van der Waals surface area (Å²) in [6.45, 7) is 2.12. The van der Waals surface area contributed by atoms with E-state index in [4.69, 9.17) is 16.3 Å². The number of halogens is 1. The van der Waals surface area contributed by atoms with Gasteiger partial charge in [0, 0.05) is 18.7 Å². The zero-order valence-corrected chi connectivity index (χ0v) is 17.1. The number of aryl methyl sites for hydroxylation is 1. The minimum Gasteiger partial charge on any atom is -0.495 e. The van der Waals surface area contributed by atoms with Gasteiger partial charge in [-0.15, -0.1) is 0 Å². The Balaban J connectivity index is 1.96. The summed E-state index contributed by atoms with van der Waals surface area (Å²) in [4.78, 5) is 12.1. The number of sulfonamides is 1. The average Bonchev–Trinajstić information content (AvgIpc) is 2.57. The fourth-order valence-electron chi connectivity index (χ4n) is 2.62. The van der Waals surface area contributed by atoms with E-state index in [1.165, 1.54) is 11.4 Å². The summed E-state index contributed by atoms with van der Waals surface area (Å²) in [5.41, 5.74) is 2.12. The Morgan fingerprint density at radius 3 is 2.56 bits per heavy atom. The number of hydrogen-bond donors (Lipinski definition) is 1. The second-order valence-electron chi connectivity index (χ2n) is 6.18. The Morgan fingerprint density at radius 2 is 1.96 bits per heavy atom. The molecule has 1 N–H and O–H groups in total. The van der Waals surface area contributed by atoms with Gasteiger partial charge in [-0.25, -0.2) is 8.42 Å². The van der Waals surface area contributed by atoms with Gasteiger partial charge in [-0.1, -0.05) is 23.7 Å². The molecule has 2 aromatic rings. The molecule has 1 amide bonds. The fraction of sp³-hybridized carbons (Fsp3) is 0.316. The highest BCUT2D eigenvalue weighted by molar-refractivity contribution is 7.92. The van der Waals surface area contributed by atoms with Crippen molar-refractivity contribution in [3.8, 4) is 5.75 Å². The minimum atomic E-state index is -3.43. The zero-order valence-electron chi connectivity index (χ0n) is 15.5. The normalized spacial score (nSPS) is 11.1. The van der Waals surface area contributed by atoms with Gasteiger partial charge in [-0.3, -0.25) is 9.10 Å². The first kappa shape index (κ1) is 21.1. The number of ether oxygens (including phenoxy) is 1. The summed E-state index contributed by atoms with van der Waals surface area (Å²) < 4.78 is 30.6. The Hall–Kier alpha value is -2.25. The van der Waals surface area contributed by atoms with Gasteiger partial charge in [0.2, 0.25) is 15.9 Å². The predicted octanol–water partition coefficient (Wildman–Crippen LogP) is 3.84.